The van der Waals surface area contributed by atoms with Crippen molar-refractivity contribution in [3.05, 3.63) is 34.2 Å². The number of ether oxygens (including phenoxy) is 1. The average molecular weight is 248 g/mol. The van der Waals surface area contributed by atoms with E-state index in [1.807, 2.05) is 19.1 Å². The van der Waals surface area contributed by atoms with E-state index in [1.165, 1.54) is 0 Å². The Morgan fingerprint density at radius 3 is 2.88 bits per heavy atom. The molecular weight excluding hydrogens is 232 g/mol. The van der Waals surface area contributed by atoms with E-state index in [9.17, 15) is 0 Å². The lowest BCUT2D eigenvalue weighted by molar-refractivity contribution is 0.412. The molecule has 17 heavy (non-hydrogen) atoms. The van der Waals surface area contributed by atoms with Crippen molar-refractivity contribution in [3.8, 4) is 17.0 Å². The Balaban J connectivity index is 2.29. The predicted octanol–water partition coefficient (Wildman–Crippen LogP) is 2.63. The molecule has 2 rings (SSSR count). The summed E-state index contributed by atoms with van der Waals surface area (Å²) in [5.74, 6) is 0.908. The van der Waals surface area contributed by atoms with Gasteiger partial charge in [-0.1, -0.05) is 0 Å². The first-order valence-electron chi connectivity index (χ1n) is 5.54. The van der Waals surface area contributed by atoms with Gasteiger partial charge in [-0.15, -0.1) is 11.3 Å². The summed E-state index contributed by atoms with van der Waals surface area (Å²) in [6.07, 6.45) is 0.847. The van der Waals surface area contributed by atoms with Crippen LogP contribution in [0.25, 0.3) is 11.3 Å². The maximum atomic E-state index is 5.52. The second-order valence-corrected chi connectivity index (χ2v) is 4.79. The number of benzene rings is 1. The van der Waals surface area contributed by atoms with E-state index in [2.05, 4.69) is 16.4 Å². The van der Waals surface area contributed by atoms with Gasteiger partial charge in [0.05, 0.1) is 17.8 Å². The van der Waals surface area contributed by atoms with Crippen molar-refractivity contribution < 1.29 is 4.74 Å². The fraction of sp³-hybridized carbons (Fsp3) is 0.308. The lowest BCUT2D eigenvalue weighted by atomic mass is 10.1. The number of nitrogens with zero attached hydrogens (tertiary/aromatic N) is 1. The normalized spacial score (nSPS) is 10.5. The standard InChI is InChI=1S/C13H16N2OS/c1-9-7-10(3-4-12(9)16-2)11-8-17-13(15-11)5-6-14/h3-4,7-8H,5-6,14H2,1-2H3. The summed E-state index contributed by atoms with van der Waals surface area (Å²) in [4.78, 5) is 4.56. The Hall–Kier alpha value is -1.39. The van der Waals surface area contributed by atoms with E-state index in [-0.39, 0.29) is 0 Å². The molecule has 0 saturated heterocycles. The molecule has 0 atom stereocenters. The van der Waals surface area contributed by atoms with Gasteiger partial charge in [0.2, 0.25) is 0 Å². The van der Waals surface area contributed by atoms with Crippen molar-refractivity contribution in [1.82, 2.24) is 4.98 Å². The van der Waals surface area contributed by atoms with E-state index in [4.69, 9.17) is 10.5 Å². The second kappa shape index (κ2) is 5.29. The number of aromatic nitrogens is 1. The molecule has 4 heteroatoms. The van der Waals surface area contributed by atoms with Crippen LogP contribution in [0.1, 0.15) is 10.6 Å². The molecule has 0 aliphatic carbocycles. The summed E-state index contributed by atoms with van der Waals surface area (Å²) in [5.41, 5.74) is 8.79. The minimum atomic E-state index is 0.647. The van der Waals surface area contributed by atoms with Crippen molar-refractivity contribution in [2.75, 3.05) is 13.7 Å². The molecule has 0 fully saturated rings. The summed E-state index contributed by atoms with van der Waals surface area (Å²) in [5, 5.41) is 3.17. The van der Waals surface area contributed by atoms with Crippen molar-refractivity contribution in [2.24, 2.45) is 5.73 Å². The van der Waals surface area contributed by atoms with Crippen LogP contribution in [0.15, 0.2) is 23.6 Å². The summed E-state index contributed by atoms with van der Waals surface area (Å²) in [6.45, 7) is 2.68. The molecule has 0 saturated carbocycles. The molecule has 0 amide bonds. The lowest BCUT2D eigenvalue weighted by Gasteiger charge is -2.05. The fourth-order valence-electron chi connectivity index (χ4n) is 1.72. The Kier molecular flexibility index (Phi) is 3.76. The summed E-state index contributed by atoms with van der Waals surface area (Å²) in [7, 11) is 1.68. The maximum absolute atomic E-state index is 5.52. The van der Waals surface area contributed by atoms with Gasteiger partial charge in [0, 0.05) is 17.4 Å². The minimum absolute atomic E-state index is 0.647. The SMILES string of the molecule is COc1ccc(-c2csc(CCN)n2)cc1C. The van der Waals surface area contributed by atoms with Crippen LogP contribution in [-0.2, 0) is 6.42 Å². The largest absolute Gasteiger partial charge is 0.496 e. The molecule has 0 spiro atoms. The fourth-order valence-corrected chi connectivity index (χ4v) is 2.54. The highest BCUT2D eigenvalue weighted by molar-refractivity contribution is 7.09. The first-order valence-corrected chi connectivity index (χ1v) is 6.42. The van der Waals surface area contributed by atoms with Gasteiger partial charge in [0.1, 0.15) is 5.75 Å². The Bertz CT molecular complexity index is 508. The number of hydrogen-bond donors (Lipinski definition) is 1. The van der Waals surface area contributed by atoms with Crippen LogP contribution >= 0.6 is 11.3 Å². The highest BCUT2D eigenvalue weighted by Crippen LogP contribution is 2.27. The molecule has 2 aromatic rings. The van der Waals surface area contributed by atoms with Crippen molar-refractivity contribution in [3.63, 3.8) is 0 Å². The van der Waals surface area contributed by atoms with Crippen LogP contribution in [-0.4, -0.2) is 18.6 Å². The zero-order valence-electron chi connectivity index (χ0n) is 10.1. The third kappa shape index (κ3) is 2.65. The number of rotatable bonds is 4. The van der Waals surface area contributed by atoms with Gasteiger partial charge in [-0.25, -0.2) is 4.98 Å². The third-order valence-corrected chi connectivity index (χ3v) is 3.51. The van der Waals surface area contributed by atoms with Gasteiger partial charge in [0.15, 0.2) is 0 Å². The number of aryl methyl sites for hydroxylation is 1. The van der Waals surface area contributed by atoms with Gasteiger partial charge < -0.3 is 10.5 Å². The van der Waals surface area contributed by atoms with Crippen LogP contribution in [0.3, 0.4) is 0 Å². The summed E-state index contributed by atoms with van der Waals surface area (Å²) < 4.78 is 5.25. The Labute approximate surface area is 105 Å². The van der Waals surface area contributed by atoms with Crippen LogP contribution < -0.4 is 10.5 Å². The van der Waals surface area contributed by atoms with Crippen molar-refractivity contribution in [1.29, 1.82) is 0 Å². The number of thiazole rings is 1. The Morgan fingerprint density at radius 1 is 1.41 bits per heavy atom. The monoisotopic (exact) mass is 248 g/mol. The van der Waals surface area contributed by atoms with E-state index >= 15 is 0 Å². The van der Waals surface area contributed by atoms with Crippen LogP contribution in [0.4, 0.5) is 0 Å². The van der Waals surface area contributed by atoms with Crippen LogP contribution in [0.5, 0.6) is 5.75 Å². The summed E-state index contributed by atoms with van der Waals surface area (Å²) >= 11 is 1.66. The Morgan fingerprint density at radius 2 is 2.24 bits per heavy atom. The highest BCUT2D eigenvalue weighted by atomic mass is 32.1. The summed E-state index contributed by atoms with van der Waals surface area (Å²) in [6, 6.07) is 6.11. The van der Waals surface area contributed by atoms with Crippen molar-refractivity contribution >= 4 is 11.3 Å². The molecule has 1 heterocycles. The van der Waals surface area contributed by atoms with Crippen molar-refractivity contribution in [2.45, 2.75) is 13.3 Å². The van der Waals surface area contributed by atoms with E-state index in [0.29, 0.717) is 6.54 Å². The highest BCUT2D eigenvalue weighted by Gasteiger charge is 2.06. The van der Waals surface area contributed by atoms with Crippen LogP contribution in [0.2, 0.25) is 0 Å². The van der Waals surface area contributed by atoms with Gasteiger partial charge in [-0.2, -0.15) is 0 Å². The maximum Gasteiger partial charge on any atom is 0.121 e. The molecule has 1 aromatic heterocycles. The van der Waals surface area contributed by atoms with E-state index in [1.54, 1.807) is 18.4 Å². The zero-order valence-corrected chi connectivity index (χ0v) is 10.9. The lowest BCUT2D eigenvalue weighted by Crippen LogP contribution is -2.01. The topological polar surface area (TPSA) is 48.1 Å². The first-order chi connectivity index (χ1) is 8.24. The molecule has 2 N–H and O–H groups in total. The smallest absolute Gasteiger partial charge is 0.121 e. The molecule has 90 valence electrons. The molecule has 0 aliphatic heterocycles. The quantitative estimate of drug-likeness (QED) is 0.904. The number of nitrogens with two attached hydrogens (primary N) is 1. The predicted molar refractivity (Wildman–Crippen MR) is 71.6 cm³/mol. The second-order valence-electron chi connectivity index (χ2n) is 3.85. The molecule has 1 aromatic carbocycles. The van der Waals surface area contributed by atoms with E-state index < -0.39 is 0 Å². The average Bonchev–Trinajstić information content (AvgIpc) is 2.78. The number of methoxy groups -OCH3 is 1. The first kappa shape index (κ1) is 12.1. The van der Waals surface area contributed by atoms with Gasteiger partial charge in [-0.05, 0) is 37.2 Å². The molecule has 0 bridgehead atoms. The molecular formula is C13H16N2OS. The molecule has 0 radical (unpaired) electrons. The van der Waals surface area contributed by atoms with E-state index in [0.717, 1.165) is 34.0 Å². The van der Waals surface area contributed by atoms with Gasteiger partial charge >= 0.3 is 0 Å². The molecule has 0 aliphatic rings. The van der Waals surface area contributed by atoms with Crippen LogP contribution in [0, 0.1) is 6.92 Å². The van der Waals surface area contributed by atoms with Gasteiger partial charge in [0.25, 0.3) is 0 Å². The number of hydrogen-bond acceptors (Lipinski definition) is 4. The van der Waals surface area contributed by atoms with Gasteiger partial charge in [-0.3, -0.25) is 0 Å². The molecule has 0 unspecified atom stereocenters. The minimum Gasteiger partial charge on any atom is -0.496 e. The zero-order chi connectivity index (χ0) is 12.3. The third-order valence-electron chi connectivity index (χ3n) is 2.60. The molecule has 3 nitrogen and oxygen atoms in total.